The number of hydrogen-bond donors (Lipinski definition) is 0. The van der Waals surface area contributed by atoms with Gasteiger partial charge in [-0.05, 0) is 31.2 Å². The summed E-state index contributed by atoms with van der Waals surface area (Å²) in [5.74, 6) is 0.131. The van der Waals surface area contributed by atoms with Crippen molar-refractivity contribution in [3.63, 3.8) is 0 Å². The zero-order chi connectivity index (χ0) is 17.6. The summed E-state index contributed by atoms with van der Waals surface area (Å²) in [7, 11) is 1.61. The molecule has 7 heteroatoms. The highest BCUT2D eigenvalue weighted by Gasteiger charge is 2.24. The molecule has 0 fully saturated rings. The van der Waals surface area contributed by atoms with Gasteiger partial charge in [0.1, 0.15) is 5.56 Å². The van der Waals surface area contributed by atoms with Gasteiger partial charge in [0.25, 0.3) is 5.91 Å². The number of nitrogens with zero attached hydrogens (tertiary/aromatic N) is 3. The molecule has 130 valence electrons. The van der Waals surface area contributed by atoms with E-state index in [0.717, 1.165) is 10.2 Å². The Morgan fingerprint density at radius 2 is 2.08 bits per heavy atom. The van der Waals surface area contributed by atoms with Crippen LogP contribution in [0.5, 0.6) is 5.88 Å². The Kier molecular flexibility index (Phi) is 5.57. The molecule has 0 aliphatic heterocycles. The summed E-state index contributed by atoms with van der Waals surface area (Å²) in [4.78, 5) is 23.5. The number of anilines is 1. The molecular formula is C18H19N3O3S. The van der Waals surface area contributed by atoms with Gasteiger partial charge in [-0.25, -0.2) is 9.97 Å². The Labute approximate surface area is 150 Å². The Hall–Kier alpha value is -2.51. The summed E-state index contributed by atoms with van der Waals surface area (Å²) in [5, 5.41) is 0.634. The number of ether oxygens (including phenoxy) is 2. The normalized spacial score (nSPS) is 10.8. The van der Waals surface area contributed by atoms with Crippen LogP contribution in [0, 0.1) is 0 Å². The zero-order valence-corrected chi connectivity index (χ0v) is 15.0. The van der Waals surface area contributed by atoms with E-state index in [1.165, 1.54) is 11.3 Å². The van der Waals surface area contributed by atoms with Crippen LogP contribution in [0.1, 0.15) is 17.3 Å². The standard InChI is InChI=1S/C18H19N3O3S/c1-3-24-16-13(7-6-10-19-16)17(22)21(11-12-23-2)18-20-14-8-4-5-9-15(14)25-18/h4-10H,3,11-12H2,1-2H3. The Balaban J connectivity index is 1.99. The number of amides is 1. The Morgan fingerprint density at radius 1 is 1.24 bits per heavy atom. The van der Waals surface area contributed by atoms with E-state index >= 15 is 0 Å². The second kappa shape index (κ2) is 8.04. The average Bonchev–Trinajstić information content (AvgIpc) is 3.06. The second-order valence-corrected chi connectivity index (χ2v) is 6.21. The van der Waals surface area contributed by atoms with Gasteiger partial charge in [-0.3, -0.25) is 9.69 Å². The lowest BCUT2D eigenvalue weighted by atomic mass is 10.2. The van der Waals surface area contributed by atoms with E-state index in [2.05, 4.69) is 9.97 Å². The van der Waals surface area contributed by atoms with E-state index in [1.807, 2.05) is 31.2 Å². The minimum atomic E-state index is -0.201. The zero-order valence-electron chi connectivity index (χ0n) is 14.1. The summed E-state index contributed by atoms with van der Waals surface area (Å²) in [6.45, 7) is 3.11. The van der Waals surface area contributed by atoms with E-state index in [-0.39, 0.29) is 5.91 Å². The third-order valence-electron chi connectivity index (χ3n) is 3.56. The molecule has 0 spiro atoms. The number of carbonyl (C=O) groups excluding carboxylic acids is 1. The molecule has 1 aromatic carbocycles. The lowest BCUT2D eigenvalue weighted by Gasteiger charge is -2.20. The first kappa shape index (κ1) is 17.3. The maximum atomic E-state index is 13.1. The molecule has 0 radical (unpaired) electrons. The number of fused-ring (bicyclic) bond motifs is 1. The van der Waals surface area contributed by atoms with Gasteiger partial charge in [-0.2, -0.15) is 0 Å². The molecule has 2 heterocycles. The van der Waals surface area contributed by atoms with E-state index < -0.39 is 0 Å². The minimum Gasteiger partial charge on any atom is -0.477 e. The molecule has 6 nitrogen and oxygen atoms in total. The molecular weight excluding hydrogens is 338 g/mol. The molecule has 3 aromatic rings. The van der Waals surface area contributed by atoms with Gasteiger partial charge in [0, 0.05) is 13.3 Å². The van der Waals surface area contributed by atoms with Gasteiger partial charge in [-0.1, -0.05) is 23.5 Å². The van der Waals surface area contributed by atoms with Crippen LogP contribution in [0.3, 0.4) is 0 Å². The van der Waals surface area contributed by atoms with Crippen LogP contribution in [0.25, 0.3) is 10.2 Å². The minimum absolute atomic E-state index is 0.201. The van der Waals surface area contributed by atoms with E-state index in [1.54, 1.807) is 30.3 Å². The molecule has 1 amide bonds. The van der Waals surface area contributed by atoms with Crippen LogP contribution in [0.15, 0.2) is 42.6 Å². The number of benzene rings is 1. The fourth-order valence-electron chi connectivity index (χ4n) is 2.39. The van der Waals surface area contributed by atoms with Crippen LogP contribution < -0.4 is 9.64 Å². The third kappa shape index (κ3) is 3.78. The van der Waals surface area contributed by atoms with Crippen molar-refractivity contribution in [1.82, 2.24) is 9.97 Å². The quantitative estimate of drug-likeness (QED) is 0.648. The number of aromatic nitrogens is 2. The first-order valence-electron chi connectivity index (χ1n) is 7.98. The van der Waals surface area contributed by atoms with E-state index in [0.29, 0.717) is 36.3 Å². The molecule has 0 bridgehead atoms. The molecule has 0 aliphatic carbocycles. The van der Waals surface area contributed by atoms with Gasteiger partial charge < -0.3 is 9.47 Å². The van der Waals surface area contributed by atoms with Crippen LogP contribution in [-0.4, -0.2) is 42.7 Å². The Bertz CT molecular complexity index is 832. The number of rotatable bonds is 7. The molecule has 2 aromatic heterocycles. The molecule has 0 saturated carbocycles. The molecule has 0 unspecified atom stereocenters. The summed E-state index contributed by atoms with van der Waals surface area (Å²) < 4.78 is 11.7. The number of pyridine rings is 1. The predicted molar refractivity (Wildman–Crippen MR) is 98.6 cm³/mol. The third-order valence-corrected chi connectivity index (χ3v) is 4.62. The van der Waals surface area contributed by atoms with Crippen LogP contribution in [0.4, 0.5) is 5.13 Å². The van der Waals surface area contributed by atoms with Crippen molar-refractivity contribution in [1.29, 1.82) is 0 Å². The summed E-state index contributed by atoms with van der Waals surface area (Å²) >= 11 is 1.48. The van der Waals surface area contributed by atoms with E-state index in [4.69, 9.17) is 9.47 Å². The molecule has 0 saturated heterocycles. The van der Waals surface area contributed by atoms with E-state index in [9.17, 15) is 4.79 Å². The maximum absolute atomic E-state index is 13.1. The van der Waals surface area contributed by atoms with Crippen molar-refractivity contribution in [3.8, 4) is 5.88 Å². The van der Waals surface area contributed by atoms with Gasteiger partial charge in [0.15, 0.2) is 5.13 Å². The largest absolute Gasteiger partial charge is 0.477 e. The summed E-state index contributed by atoms with van der Waals surface area (Å²) in [5.41, 5.74) is 1.29. The molecule has 0 aliphatic rings. The number of thiazole rings is 1. The van der Waals surface area contributed by atoms with Gasteiger partial charge in [0.05, 0.1) is 30.0 Å². The highest BCUT2D eigenvalue weighted by Crippen LogP contribution is 2.30. The van der Waals surface area contributed by atoms with Gasteiger partial charge >= 0.3 is 0 Å². The molecule has 25 heavy (non-hydrogen) atoms. The maximum Gasteiger partial charge on any atom is 0.265 e. The summed E-state index contributed by atoms with van der Waals surface area (Å²) in [6.07, 6.45) is 1.61. The average molecular weight is 357 g/mol. The number of para-hydroxylation sites is 1. The van der Waals surface area contributed by atoms with Gasteiger partial charge in [0.2, 0.25) is 5.88 Å². The highest BCUT2D eigenvalue weighted by atomic mass is 32.1. The monoisotopic (exact) mass is 357 g/mol. The second-order valence-electron chi connectivity index (χ2n) is 5.20. The van der Waals surface area contributed by atoms with Crippen molar-refractivity contribution in [2.45, 2.75) is 6.92 Å². The lowest BCUT2D eigenvalue weighted by Crippen LogP contribution is -2.34. The number of carbonyl (C=O) groups is 1. The first-order valence-corrected chi connectivity index (χ1v) is 8.80. The van der Waals surface area contributed by atoms with Crippen LogP contribution in [0.2, 0.25) is 0 Å². The first-order chi connectivity index (χ1) is 12.2. The molecule has 0 N–H and O–H groups in total. The highest BCUT2D eigenvalue weighted by molar-refractivity contribution is 7.22. The Morgan fingerprint density at radius 3 is 2.84 bits per heavy atom. The lowest BCUT2D eigenvalue weighted by molar-refractivity contribution is 0.0971. The number of hydrogen-bond acceptors (Lipinski definition) is 6. The van der Waals surface area contributed by atoms with Crippen molar-refractivity contribution in [2.75, 3.05) is 31.8 Å². The number of methoxy groups -OCH3 is 1. The van der Waals surface area contributed by atoms with Crippen LogP contribution >= 0.6 is 11.3 Å². The summed E-state index contributed by atoms with van der Waals surface area (Å²) in [6, 6.07) is 11.3. The van der Waals surface area contributed by atoms with Crippen molar-refractivity contribution in [2.24, 2.45) is 0 Å². The molecule has 0 atom stereocenters. The predicted octanol–water partition coefficient (Wildman–Crippen LogP) is 3.38. The van der Waals surface area contributed by atoms with Crippen molar-refractivity contribution >= 4 is 32.6 Å². The molecule has 3 rings (SSSR count). The fraction of sp³-hybridized carbons (Fsp3) is 0.278. The smallest absolute Gasteiger partial charge is 0.265 e. The topological polar surface area (TPSA) is 64.5 Å². The van der Waals surface area contributed by atoms with Crippen molar-refractivity contribution in [3.05, 3.63) is 48.2 Å². The van der Waals surface area contributed by atoms with Crippen LogP contribution in [-0.2, 0) is 4.74 Å². The fourth-order valence-corrected chi connectivity index (χ4v) is 3.38. The van der Waals surface area contributed by atoms with Crippen molar-refractivity contribution < 1.29 is 14.3 Å². The van der Waals surface area contributed by atoms with Gasteiger partial charge in [-0.15, -0.1) is 0 Å². The SMILES string of the molecule is CCOc1ncccc1C(=O)N(CCOC)c1nc2ccccc2s1.